The molecule has 0 bridgehead atoms. The first-order chi connectivity index (χ1) is 21.0. The van der Waals surface area contributed by atoms with Crippen molar-refractivity contribution in [2.24, 2.45) is 11.8 Å². The summed E-state index contributed by atoms with van der Waals surface area (Å²) in [5.74, 6) is -1.74. The molecule has 0 fully saturated rings. The zero-order valence-corrected chi connectivity index (χ0v) is 24.6. The smallest absolute Gasteiger partial charge is 0.309 e. The second-order valence-corrected chi connectivity index (χ2v) is 11.2. The lowest BCUT2D eigenvalue weighted by Gasteiger charge is -2.24. The largest absolute Gasteiger partial charge is 0.463 e. The molecule has 1 aliphatic heterocycles. The third-order valence-electron chi connectivity index (χ3n) is 7.74. The molecule has 3 N–H and O–H groups in total. The Labute approximate surface area is 254 Å². The zero-order valence-electron chi connectivity index (χ0n) is 24.6. The number of carbonyl (C=O) groups excluding carboxylic acids is 3. The van der Waals surface area contributed by atoms with Crippen LogP contribution in [-0.2, 0) is 38.4 Å². The highest BCUT2D eigenvalue weighted by atomic mass is 16.5. The Morgan fingerprint density at radius 2 is 1.44 bits per heavy atom. The van der Waals surface area contributed by atoms with Gasteiger partial charge in [-0.3, -0.25) is 14.4 Å². The minimum absolute atomic E-state index is 0.0179. The van der Waals surface area contributed by atoms with E-state index in [2.05, 4.69) is 10.6 Å². The summed E-state index contributed by atoms with van der Waals surface area (Å²) >= 11 is 0. The fourth-order valence-electron chi connectivity index (χ4n) is 5.40. The van der Waals surface area contributed by atoms with Crippen molar-refractivity contribution in [3.63, 3.8) is 0 Å². The van der Waals surface area contributed by atoms with Gasteiger partial charge in [0.1, 0.15) is 6.61 Å². The van der Waals surface area contributed by atoms with Crippen molar-refractivity contribution in [3.8, 4) is 0 Å². The van der Waals surface area contributed by atoms with Crippen molar-refractivity contribution in [1.82, 2.24) is 10.6 Å². The average molecular weight is 583 g/mol. The van der Waals surface area contributed by atoms with Gasteiger partial charge in [-0.05, 0) is 55.2 Å². The molecule has 0 spiro atoms. The Kier molecular flexibility index (Phi) is 12.5. The molecule has 4 atom stereocenters. The number of carbonyl (C=O) groups is 3. The van der Waals surface area contributed by atoms with Crippen molar-refractivity contribution < 1.29 is 24.2 Å². The maximum atomic E-state index is 13.6. The number of esters is 1. The summed E-state index contributed by atoms with van der Waals surface area (Å²) in [7, 11) is 0. The molecule has 0 aliphatic carbocycles. The van der Waals surface area contributed by atoms with Gasteiger partial charge in [-0.25, -0.2) is 0 Å². The van der Waals surface area contributed by atoms with Gasteiger partial charge in [0, 0.05) is 6.42 Å². The number of amides is 2. The van der Waals surface area contributed by atoms with Gasteiger partial charge in [-0.2, -0.15) is 0 Å². The predicted molar refractivity (Wildman–Crippen MR) is 167 cm³/mol. The van der Waals surface area contributed by atoms with E-state index in [1.807, 2.05) is 103 Å². The molecule has 7 nitrogen and oxygen atoms in total. The second kappa shape index (κ2) is 17.0. The number of cyclic esters (lactones) is 1. The van der Waals surface area contributed by atoms with Gasteiger partial charge >= 0.3 is 5.97 Å². The molecule has 226 valence electrons. The SMILES string of the molecule is O=C(C[C@H]1CC=CCC[C@H](Cc2ccccc2)C(=O)OC[C@@H](Cc2ccccc2)NC1=O)N[C@H](CO)Cc1ccccc1. The molecule has 0 saturated heterocycles. The van der Waals surface area contributed by atoms with Gasteiger partial charge in [0.05, 0.1) is 30.5 Å². The van der Waals surface area contributed by atoms with E-state index in [-0.39, 0.29) is 43.3 Å². The maximum absolute atomic E-state index is 13.6. The van der Waals surface area contributed by atoms with E-state index in [1.54, 1.807) is 0 Å². The molecule has 1 aliphatic rings. The summed E-state index contributed by atoms with van der Waals surface area (Å²) in [4.78, 5) is 39.9. The monoisotopic (exact) mass is 582 g/mol. The maximum Gasteiger partial charge on any atom is 0.309 e. The van der Waals surface area contributed by atoms with Crippen molar-refractivity contribution in [1.29, 1.82) is 0 Å². The first kappa shape index (κ1) is 31.7. The Hall–Kier alpha value is -4.23. The normalized spacial score (nSPS) is 20.4. The lowest BCUT2D eigenvalue weighted by molar-refractivity contribution is -0.150. The first-order valence-corrected chi connectivity index (χ1v) is 15.1. The van der Waals surface area contributed by atoms with Crippen molar-refractivity contribution in [2.75, 3.05) is 13.2 Å². The van der Waals surface area contributed by atoms with Crippen LogP contribution in [0.4, 0.5) is 0 Å². The molecule has 2 amide bonds. The number of aliphatic hydroxyl groups is 1. The van der Waals surface area contributed by atoms with Gasteiger partial charge in [0.25, 0.3) is 0 Å². The summed E-state index contributed by atoms with van der Waals surface area (Å²) in [5.41, 5.74) is 3.09. The predicted octanol–water partition coefficient (Wildman–Crippen LogP) is 4.58. The van der Waals surface area contributed by atoms with Crippen LogP contribution >= 0.6 is 0 Å². The number of rotatable bonds is 10. The summed E-state index contributed by atoms with van der Waals surface area (Å²) in [5, 5.41) is 15.9. The topological polar surface area (TPSA) is 105 Å². The fourth-order valence-corrected chi connectivity index (χ4v) is 5.40. The third kappa shape index (κ3) is 10.8. The van der Waals surface area contributed by atoms with Gasteiger partial charge < -0.3 is 20.5 Å². The summed E-state index contributed by atoms with van der Waals surface area (Å²) in [6, 6.07) is 28.4. The Balaban J connectivity index is 1.47. The molecule has 0 radical (unpaired) electrons. The second-order valence-electron chi connectivity index (χ2n) is 11.2. The van der Waals surface area contributed by atoms with Crippen LogP contribution in [0.25, 0.3) is 0 Å². The third-order valence-corrected chi connectivity index (χ3v) is 7.74. The highest BCUT2D eigenvalue weighted by Crippen LogP contribution is 2.19. The number of ether oxygens (including phenoxy) is 1. The van der Waals surface area contributed by atoms with E-state index in [9.17, 15) is 19.5 Å². The van der Waals surface area contributed by atoms with E-state index < -0.39 is 18.0 Å². The fraction of sp³-hybridized carbons (Fsp3) is 0.361. The number of aliphatic hydroxyl groups excluding tert-OH is 1. The molecule has 4 rings (SSSR count). The summed E-state index contributed by atoms with van der Waals surface area (Å²) in [6.07, 6.45) is 7.13. The zero-order chi connectivity index (χ0) is 30.3. The summed E-state index contributed by atoms with van der Waals surface area (Å²) < 4.78 is 5.83. The molecule has 0 unspecified atom stereocenters. The van der Waals surface area contributed by atoms with Gasteiger partial charge in [-0.15, -0.1) is 0 Å². The van der Waals surface area contributed by atoms with Crippen LogP contribution in [0.15, 0.2) is 103 Å². The highest BCUT2D eigenvalue weighted by molar-refractivity contribution is 5.86. The molecule has 3 aromatic carbocycles. The Bertz CT molecular complexity index is 1310. The quantitative estimate of drug-likeness (QED) is 0.240. The molecular weight excluding hydrogens is 540 g/mol. The van der Waals surface area contributed by atoms with E-state index in [0.29, 0.717) is 38.5 Å². The van der Waals surface area contributed by atoms with Crippen LogP contribution in [0.1, 0.15) is 42.4 Å². The van der Waals surface area contributed by atoms with E-state index >= 15 is 0 Å². The Morgan fingerprint density at radius 1 is 0.837 bits per heavy atom. The van der Waals surface area contributed by atoms with Crippen LogP contribution in [0.2, 0.25) is 0 Å². The van der Waals surface area contributed by atoms with Crippen LogP contribution in [-0.4, -0.2) is 48.2 Å². The minimum Gasteiger partial charge on any atom is -0.463 e. The van der Waals surface area contributed by atoms with Gasteiger partial charge in [0.2, 0.25) is 11.8 Å². The molecule has 0 saturated carbocycles. The lowest BCUT2D eigenvalue weighted by atomic mass is 9.94. The molecule has 7 heteroatoms. The number of nitrogens with one attached hydrogen (secondary N) is 2. The van der Waals surface area contributed by atoms with E-state index in [0.717, 1.165) is 16.7 Å². The van der Waals surface area contributed by atoms with Crippen LogP contribution < -0.4 is 10.6 Å². The van der Waals surface area contributed by atoms with E-state index in [4.69, 9.17) is 4.74 Å². The number of allylic oxidation sites excluding steroid dienone is 2. The van der Waals surface area contributed by atoms with Crippen molar-refractivity contribution in [3.05, 3.63) is 120 Å². The minimum atomic E-state index is -0.609. The highest BCUT2D eigenvalue weighted by Gasteiger charge is 2.27. The number of benzene rings is 3. The molecular formula is C36H42N2O5. The van der Waals surface area contributed by atoms with Crippen molar-refractivity contribution in [2.45, 2.75) is 57.0 Å². The molecule has 1 heterocycles. The van der Waals surface area contributed by atoms with Crippen LogP contribution in [0.3, 0.4) is 0 Å². The van der Waals surface area contributed by atoms with E-state index in [1.165, 1.54) is 0 Å². The van der Waals surface area contributed by atoms with Crippen LogP contribution in [0, 0.1) is 11.8 Å². The lowest BCUT2D eigenvalue weighted by Crippen LogP contribution is -2.45. The van der Waals surface area contributed by atoms with Crippen molar-refractivity contribution >= 4 is 17.8 Å². The Morgan fingerprint density at radius 3 is 2.07 bits per heavy atom. The van der Waals surface area contributed by atoms with Gasteiger partial charge in [-0.1, -0.05) is 103 Å². The summed E-state index contributed by atoms with van der Waals surface area (Å²) in [6.45, 7) is -0.160. The van der Waals surface area contributed by atoms with Crippen LogP contribution in [0.5, 0.6) is 0 Å². The molecule has 43 heavy (non-hydrogen) atoms. The molecule has 3 aromatic rings. The van der Waals surface area contributed by atoms with Gasteiger partial charge in [0.15, 0.2) is 0 Å². The molecule has 0 aromatic heterocycles. The average Bonchev–Trinajstić information content (AvgIpc) is 3.03. The first-order valence-electron chi connectivity index (χ1n) is 15.1. The number of hydrogen-bond acceptors (Lipinski definition) is 5. The number of hydrogen-bond donors (Lipinski definition) is 3. The standard InChI is InChI=1S/C36H42N2O5/c39-25-32(22-28-15-7-2-8-16-28)37-34(40)24-30-19-11-4-12-20-31(21-27-13-5-1-6-14-27)36(42)43-26-33(38-35(30)41)23-29-17-9-3-10-18-29/h1-11,13-18,30-33,39H,12,19-26H2,(H,37,40)(H,38,41)/t30-,31-,32+,33-/m1/s1.